The fourth-order valence-electron chi connectivity index (χ4n) is 0.924. The van der Waals surface area contributed by atoms with E-state index in [0.717, 1.165) is 5.56 Å². The SMILES string of the molecule is [2H]C([2H])(CC=C)OS(=O)(=O)c1ccc(C)cc1. The molecule has 1 aromatic carbocycles. The van der Waals surface area contributed by atoms with Gasteiger partial charge in [-0.05, 0) is 25.5 Å². The van der Waals surface area contributed by atoms with E-state index in [2.05, 4.69) is 10.8 Å². The van der Waals surface area contributed by atoms with Gasteiger partial charge in [0.05, 0.1) is 14.2 Å². The standard InChI is InChI=1S/C11H14O3S/c1-3-4-9-14-15(12,13)11-7-5-10(2)6-8-11/h3,5-8H,1,4,9H2,2H3/i9D2. The molecule has 0 spiro atoms. The van der Waals surface area contributed by atoms with Crippen molar-refractivity contribution in [3.05, 3.63) is 42.5 Å². The molecule has 1 rings (SSSR count). The lowest BCUT2D eigenvalue weighted by molar-refractivity contribution is 0.325. The van der Waals surface area contributed by atoms with Gasteiger partial charge >= 0.3 is 0 Å². The summed E-state index contributed by atoms with van der Waals surface area (Å²) in [5.74, 6) is 0. The van der Waals surface area contributed by atoms with Gasteiger partial charge in [-0.2, -0.15) is 8.42 Å². The molecular weight excluding hydrogens is 212 g/mol. The molecule has 0 bridgehead atoms. The molecule has 1 aromatic rings. The predicted octanol–water partition coefficient (Wildman–Crippen LogP) is 2.28. The van der Waals surface area contributed by atoms with E-state index in [9.17, 15) is 8.42 Å². The minimum absolute atomic E-state index is 0.0592. The molecule has 0 saturated heterocycles. The van der Waals surface area contributed by atoms with Gasteiger partial charge in [0.2, 0.25) is 0 Å². The Labute approximate surface area is 93.3 Å². The van der Waals surface area contributed by atoms with Crippen molar-refractivity contribution < 1.29 is 15.3 Å². The summed E-state index contributed by atoms with van der Waals surface area (Å²) in [6, 6.07) is 6.02. The molecule has 0 radical (unpaired) electrons. The Bertz CT molecular complexity index is 492. The van der Waals surface area contributed by atoms with E-state index in [-0.39, 0.29) is 11.3 Å². The first kappa shape index (κ1) is 9.12. The zero-order valence-electron chi connectivity index (χ0n) is 10.4. The van der Waals surface area contributed by atoms with Gasteiger partial charge in [-0.15, -0.1) is 6.58 Å². The summed E-state index contributed by atoms with van der Waals surface area (Å²) in [7, 11) is -4.08. The van der Waals surface area contributed by atoms with Crippen LogP contribution in [-0.2, 0) is 14.3 Å². The van der Waals surface area contributed by atoms with E-state index in [4.69, 9.17) is 2.74 Å². The highest BCUT2D eigenvalue weighted by atomic mass is 32.2. The lowest BCUT2D eigenvalue weighted by Crippen LogP contribution is -2.07. The first-order chi connectivity index (χ1) is 7.77. The quantitative estimate of drug-likeness (QED) is 0.573. The summed E-state index contributed by atoms with van der Waals surface area (Å²) in [5, 5.41) is 0. The van der Waals surface area contributed by atoms with Crippen LogP contribution in [0.25, 0.3) is 0 Å². The summed E-state index contributed by atoms with van der Waals surface area (Å²) in [5.41, 5.74) is 0.915. The van der Waals surface area contributed by atoms with Crippen molar-refractivity contribution in [2.45, 2.75) is 18.2 Å². The molecule has 0 saturated carbocycles. The van der Waals surface area contributed by atoms with Gasteiger partial charge in [-0.3, -0.25) is 4.18 Å². The molecule has 0 aliphatic carbocycles. The Hall–Kier alpha value is -1.13. The summed E-state index contributed by atoms with van der Waals surface area (Å²) in [6.07, 6.45) is 1.07. The molecule has 0 aliphatic rings. The second-order valence-electron chi connectivity index (χ2n) is 2.99. The topological polar surface area (TPSA) is 43.4 Å². The third-order valence-corrected chi connectivity index (χ3v) is 2.89. The van der Waals surface area contributed by atoms with Crippen molar-refractivity contribution in [2.75, 3.05) is 6.56 Å². The van der Waals surface area contributed by atoms with Crippen LogP contribution in [0.1, 0.15) is 14.7 Å². The van der Waals surface area contributed by atoms with Crippen LogP contribution in [0.5, 0.6) is 0 Å². The number of aryl methyl sites for hydroxylation is 1. The Morgan fingerprint density at radius 1 is 1.47 bits per heavy atom. The number of benzene rings is 1. The maximum Gasteiger partial charge on any atom is 0.296 e. The average molecular weight is 228 g/mol. The highest BCUT2D eigenvalue weighted by Gasteiger charge is 2.13. The first-order valence-electron chi connectivity index (χ1n) is 5.40. The Morgan fingerprint density at radius 2 is 2.07 bits per heavy atom. The van der Waals surface area contributed by atoms with Gasteiger partial charge in [-0.1, -0.05) is 23.8 Å². The summed E-state index contributed by atoms with van der Waals surface area (Å²) >= 11 is 0. The lowest BCUT2D eigenvalue weighted by Gasteiger charge is -2.04. The number of hydrogen-bond donors (Lipinski definition) is 0. The molecule has 4 heteroatoms. The van der Waals surface area contributed by atoms with Crippen molar-refractivity contribution in [2.24, 2.45) is 0 Å². The van der Waals surface area contributed by atoms with Crippen LogP contribution < -0.4 is 0 Å². The molecule has 0 amide bonds. The van der Waals surface area contributed by atoms with Crippen LogP contribution in [0, 0.1) is 6.92 Å². The van der Waals surface area contributed by atoms with E-state index in [1.54, 1.807) is 12.1 Å². The minimum atomic E-state index is -4.08. The molecule has 82 valence electrons. The Morgan fingerprint density at radius 3 is 2.60 bits per heavy atom. The predicted molar refractivity (Wildman–Crippen MR) is 59.1 cm³/mol. The largest absolute Gasteiger partial charge is 0.296 e. The molecule has 3 nitrogen and oxygen atoms in total. The second-order valence-corrected chi connectivity index (χ2v) is 4.53. The fourth-order valence-corrected chi connectivity index (χ4v) is 1.71. The molecule has 0 fully saturated rings. The monoisotopic (exact) mass is 228 g/mol. The molecule has 0 atom stereocenters. The third kappa shape index (κ3) is 3.49. The maximum atomic E-state index is 11.7. The van der Waals surface area contributed by atoms with Crippen molar-refractivity contribution in [3.63, 3.8) is 0 Å². The van der Waals surface area contributed by atoms with E-state index >= 15 is 0 Å². The average Bonchev–Trinajstić information content (AvgIpc) is 2.16. The van der Waals surface area contributed by atoms with Crippen LogP contribution in [0.2, 0.25) is 0 Å². The van der Waals surface area contributed by atoms with Gasteiger partial charge in [0.1, 0.15) is 0 Å². The van der Waals surface area contributed by atoms with Gasteiger partial charge in [0.25, 0.3) is 10.1 Å². The van der Waals surface area contributed by atoms with Gasteiger partial charge < -0.3 is 0 Å². The van der Waals surface area contributed by atoms with Crippen LogP contribution in [0.3, 0.4) is 0 Å². The lowest BCUT2D eigenvalue weighted by atomic mass is 10.2. The smallest absolute Gasteiger partial charge is 0.266 e. The molecule has 0 aromatic heterocycles. The van der Waals surface area contributed by atoms with Crippen molar-refractivity contribution in [3.8, 4) is 0 Å². The fraction of sp³-hybridized carbons (Fsp3) is 0.273. The molecule has 0 unspecified atom stereocenters. The molecule has 0 heterocycles. The maximum absolute atomic E-state index is 11.7. The molecule has 0 aliphatic heterocycles. The summed E-state index contributed by atoms with van der Waals surface area (Å²) < 4.78 is 42.7. The second kappa shape index (κ2) is 5.09. The third-order valence-electron chi connectivity index (χ3n) is 1.71. The Balaban J connectivity index is 2.96. The number of rotatable bonds is 5. The van der Waals surface area contributed by atoms with Crippen LogP contribution in [0.15, 0.2) is 41.8 Å². The van der Waals surface area contributed by atoms with Crippen molar-refractivity contribution >= 4 is 10.1 Å². The Kier molecular flexibility index (Phi) is 3.10. The summed E-state index contributed by atoms with van der Waals surface area (Å²) in [4.78, 5) is -0.0592. The normalized spacial score (nSPS) is 14.2. The van der Waals surface area contributed by atoms with Crippen LogP contribution in [-0.4, -0.2) is 15.0 Å². The summed E-state index contributed by atoms with van der Waals surface area (Å²) in [6.45, 7) is 2.90. The molecule has 0 N–H and O–H groups in total. The minimum Gasteiger partial charge on any atom is -0.266 e. The van der Waals surface area contributed by atoms with Crippen LogP contribution in [0.4, 0.5) is 0 Å². The van der Waals surface area contributed by atoms with E-state index in [0.29, 0.717) is 0 Å². The number of hydrogen-bond acceptors (Lipinski definition) is 3. The van der Waals surface area contributed by atoms with Crippen LogP contribution >= 0.6 is 0 Å². The van der Waals surface area contributed by atoms with E-state index in [1.165, 1.54) is 18.2 Å². The van der Waals surface area contributed by atoms with E-state index < -0.39 is 16.7 Å². The highest BCUT2D eigenvalue weighted by molar-refractivity contribution is 7.86. The van der Waals surface area contributed by atoms with Gasteiger partial charge in [0, 0.05) is 0 Å². The first-order valence-corrected chi connectivity index (χ1v) is 5.81. The van der Waals surface area contributed by atoms with Crippen molar-refractivity contribution in [1.82, 2.24) is 0 Å². The zero-order valence-corrected chi connectivity index (χ0v) is 9.25. The van der Waals surface area contributed by atoms with Gasteiger partial charge in [0.15, 0.2) is 0 Å². The highest BCUT2D eigenvalue weighted by Crippen LogP contribution is 2.13. The van der Waals surface area contributed by atoms with Crippen molar-refractivity contribution in [1.29, 1.82) is 0 Å². The zero-order chi connectivity index (χ0) is 13.1. The molecule has 15 heavy (non-hydrogen) atoms. The molecular formula is C11H14O3S. The van der Waals surface area contributed by atoms with E-state index in [1.807, 2.05) is 6.92 Å². The van der Waals surface area contributed by atoms with Gasteiger partial charge in [-0.25, -0.2) is 0 Å².